The number of nitrogens with zero attached hydrogens (tertiary/aromatic N) is 1. The first-order valence-corrected chi connectivity index (χ1v) is 8.73. The van der Waals surface area contributed by atoms with Crippen molar-refractivity contribution in [2.45, 2.75) is 25.8 Å². The van der Waals surface area contributed by atoms with Crippen LogP contribution in [0.15, 0.2) is 30.3 Å². The summed E-state index contributed by atoms with van der Waals surface area (Å²) in [5.74, 6) is -0.129. The first kappa shape index (κ1) is 16.1. The number of hydrogen-bond donors (Lipinski definition) is 1. The van der Waals surface area contributed by atoms with Gasteiger partial charge in [0.25, 0.3) is 5.91 Å². The number of carbonyl (C=O) groups is 1. The summed E-state index contributed by atoms with van der Waals surface area (Å²) >= 11 is 1.50. The van der Waals surface area contributed by atoms with Gasteiger partial charge >= 0.3 is 0 Å². The van der Waals surface area contributed by atoms with Gasteiger partial charge < -0.3 is 10.2 Å². The molecule has 1 N–H and O–H groups in total. The molecule has 3 nitrogen and oxygen atoms in total. The highest BCUT2D eigenvalue weighted by molar-refractivity contribution is 7.17. The van der Waals surface area contributed by atoms with Gasteiger partial charge in [-0.05, 0) is 56.1 Å². The second-order valence-electron chi connectivity index (χ2n) is 5.98. The average Bonchev–Trinajstić information content (AvgIpc) is 3.15. The fourth-order valence-corrected chi connectivity index (χ4v) is 4.30. The fourth-order valence-electron chi connectivity index (χ4n) is 3.17. The maximum atomic E-state index is 13.1. The van der Waals surface area contributed by atoms with Crippen LogP contribution in [0.25, 0.3) is 10.4 Å². The van der Waals surface area contributed by atoms with Gasteiger partial charge in [0.2, 0.25) is 0 Å². The van der Waals surface area contributed by atoms with E-state index in [4.69, 9.17) is 0 Å². The third-order valence-corrected chi connectivity index (χ3v) is 5.59. The topological polar surface area (TPSA) is 32.3 Å². The number of thiophene rings is 1. The maximum Gasteiger partial charge on any atom is 0.264 e. The molecule has 1 aliphatic rings. The lowest BCUT2D eigenvalue weighted by molar-refractivity contribution is 0.0742. The molecule has 0 radical (unpaired) electrons. The highest BCUT2D eigenvalue weighted by Gasteiger charge is 2.30. The van der Waals surface area contributed by atoms with E-state index in [9.17, 15) is 9.18 Å². The van der Waals surface area contributed by atoms with Crippen molar-refractivity contribution >= 4 is 17.2 Å². The van der Waals surface area contributed by atoms with E-state index < -0.39 is 0 Å². The Morgan fingerprint density at radius 1 is 1.39 bits per heavy atom. The van der Waals surface area contributed by atoms with Crippen LogP contribution < -0.4 is 5.32 Å². The van der Waals surface area contributed by atoms with Crippen molar-refractivity contribution in [1.29, 1.82) is 0 Å². The molecule has 5 heteroatoms. The summed E-state index contributed by atoms with van der Waals surface area (Å²) in [5.41, 5.74) is 2.02. The number of halogens is 1. The summed E-state index contributed by atoms with van der Waals surface area (Å²) in [4.78, 5) is 16.6. The Hall–Kier alpha value is -1.72. The number of likely N-dealkylation sites (tertiary alicyclic amines) is 1. The maximum absolute atomic E-state index is 13.1. The van der Waals surface area contributed by atoms with Crippen molar-refractivity contribution in [3.8, 4) is 10.4 Å². The van der Waals surface area contributed by atoms with Crippen LogP contribution in [0, 0.1) is 12.7 Å². The molecule has 1 atom stereocenters. The fraction of sp³-hybridized carbons (Fsp3) is 0.389. The molecule has 3 rings (SSSR count). The van der Waals surface area contributed by atoms with Gasteiger partial charge in [-0.3, -0.25) is 4.79 Å². The zero-order chi connectivity index (χ0) is 16.4. The van der Waals surface area contributed by atoms with Gasteiger partial charge in [-0.15, -0.1) is 11.3 Å². The summed E-state index contributed by atoms with van der Waals surface area (Å²) in [7, 11) is 1.92. The Morgan fingerprint density at radius 2 is 2.13 bits per heavy atom. The Kier molecular flexibility index (Phi) is 4.78. The van der Waals surface area contributed by atoms with Gasteiger partial charge in [0.15, 0.2) is 0 Å². The third-order valence-electron chi connectivity index (χ3n) is 4.31. The lowest BCUT2D eigenvalue weighted by Gasteiger charge is -2.23. The van der Waals surface area contributed by atoms with Gasteiger partial charge in [0.05, 0.1) is 4.88 Å². The van der Waals surface area contributed by atoms with Crippen molar-refractivity contribution in [2.24, 2.45) is 0 Å². The summed E-state index contributed by atoms with van der Waals surface area (Å²) in [5, 5.41) is 3.17. The smallest absolute Gasteiger partial charge is 0.264 e. The van der Waals surface area contributed by atoms with E-state index in [2.05, 4.69) is 5.32 Å². The van der Waals surface area contributed by atoms with Crippen LogP contribution >= 0.6 is 11.3 Å². The monoisotopic (exact) mass is 332 g/mol. The van der Waals surface area contributed by atoms with E-state index in [1.807, 2.05) is 24.9 Å². The zero-order valence-corrected chi connectivity index (χ0v) is 14.3. The molecule has 1 aromatic carbocycles. The van der Waals surface area contributed by atoms with Gasteiger partial charge in [0, 0.05) is 24.0 Å². The molecule has 2 aromatic rings. The SMILES string of the molecule is CNCC1CCCN1C(=O)c1cc(C)c(-c2ccc(F)cc2)s1. The third kappa shape index (κ3) is 3.31. The number of aryl methyl sites for hydroxylation is 1. The van der Waals surface area contributed by atoms with Crippen LogP contribution in [-0.2, 0) is 0 Å². The van der Waals surface area contributed by atoms with Gasteiger partial charge in [-0.25, -0.2) is 4.39 Å². The molecule has 1 amide bonds. The first-order chi connectivity index (χ1) is 11.1. The van der Waals surface area contributed by atoms with Gasteiger partial charge in [-0.1, -0.05) is 12.1 Å². The lowest BCUT2D eigenvalue weighted by atomic mass is 10.1. The Labute approximate surface area is 140 Å². The quantitative estimate of drug-likeness (QED) is 0.926. The van der Waals surface area contributed by atoms with Crippen molar-refractivity contribution in [3.63, 3.8) is 0 Å². The molecule has 0 spiro atoms. The molecule has 1 saturated heterocycles. The van der Waals surface area contributed by atoms with Crippen LogP contribution in [0.4, 0.5) is 4.39 Å². The molecule has 23 heavy (non-hydrogen) atoms. The molecule has 1 aliphatic heterocycles. The van der Waals surface area contributed by atoms with Crippen molar-refractivity contribution in [1.82, 2.24) is 10.2 Å². The van der Waals surface area contributed by atoms with Crippen LogP contribution in [0.1, 0.15) is 28.1 Å². The minimum atomic E-state index is -0.244. The highest BCUT2D eigenvalue weighted by Crippen LogP contribution is 2.34. The van der Waals surface area contributed by atoms with Crippen LogP contribution in [0.3, 0.4) is 0 Å². The molecular weight excluding hydrogens is 311 g/mol. The Morgan fingerprint density at radius 3 is 2.83 bits per heavy atom. The molecule has 1 aromatic heterocycles. The average molecular weight is 332 g/mol. The van der Waals surface area contributed by atoms with Crippen molar-refractivity contribution < 1.29 is 9.18 Å². The number of hydrogen-bond acceptors (Lipinski definition) is 3. The molecule has 2 heterocycles. The largest absolute Gasteiger partial charge is 0.334 e. The number of benzene rings is 1. The summed E-state index contributed by atoms with van der Waals surface area (Å²) in [6.07, 6.45) is 2.12. The molecular formula is C18H21FN2OS. The Bertz CT molecular complexity index is 696. The first-order valence-electron chi connectivity index (χ1n) is 7.92. The van der Waals surface area contributed by atoms with Crippen LogP contribution in [0.2, 0.25) is 0 Å². The minimum Gasteiger partial charge on any atom is -0.334 e. The van der Waals surface area contributed by atoms with Crippen molar-refractivity contribution in [3.05, 3.63) is 46.6 Å². The second kappa shape index (κ2) is 6.81. The summed E-state index contributed by atoms with van der Waals surface area (Å²) in [6, 6.07) is 8.69. The number of nitrogens with one attached hydrogen (secondary N) is 1. The predicted octanol–water partition coefficient (Wildman–Crippen LogP) is 3.69. The molecule has 0 bridgehead atoms. The number of amides is 1. The minimum absolute atomic E-state index is 0.115. The van der Waals surface area contributed by atoms with Gasteiger partial charge in [0.1, 0.15) is 5.82 Å². The second-order valence-corrected chi connectivity index (χ2v) is 7.03. The van der Waals surface area contributed by atoms with Gasteiger partial charge in [-0.2, -0.15) is 0 Å². The Balaban J connectivity index is 1.85. The molecule has 122 valence electrons. The lowest BCUT2D eigenvalue weighted by Crippen LogP contribution is -2.40. The normalized spacial score (nSPS) is 17.7. The summed E-state index contributed by atoms with van der Waals surface area (Å²) < 4.78 is 13.1. The van der Waals surface area contributed by atoms with E-state index in [0.29, 0.717) is 0 Å². The van der Waals surface area contributed by atoms with Crippen LogP contribution in [0.5, 0.6) is 0 Å². The predicted molar refractivity (Wildman–Crippen MR) is 92.4 cm³/mol. The van der Waals surface area contributed by atoms with Crippen molar-refractivity contribution in [2.75, 3.05) is 20.1 Å². The van der Waals surface area contributed by atoms with E-state index in [0.717, 1.165) is 46.8 Å². The van der Waals surface area contributed by atoms with E-state index in [1.165, 1.54) is 23.5 Å². The number of likely N-dealkylation sites (N-methyl/N-ethyl adjacent to an activating group) is 1. The van der Waals surface area contributed by atoms with E-state index in [1.54, 1.807) is 12.1 Å². The molecule has 1 fully saturated rings. The van der Waals surface area contributed by atoms with Crippen LogP contribution in [-0.4, -0.2) is 37.0 Å². The molecule has 1 unspecified atom stereocenters. The zero-order valence-electron chi connectivity index (χ0n) is 13.4. The standard InChI is InChI=1S/C18H21FN2OS/c1-12-10-16(18(22)21-9-3-4-15(21)11-20-2)23-17(12)13-5-7-14(19)8-6-13/h5-8,10,15,20H,3-4,9,11H2,1-2H3. The number of carbonyl (C=O) groups excluding carboxylic acids is 1. The molecule has 0 aliphatic carbocycles. The van der Waals surface area contributed by atoms with E-state index >= 15 is 0 Å². The highest BCUT2D eigenvalue weighted by atomic mass is 32.1. The number of rotatable bonds is 4. The summed E-state index contributed by atoms with van der Waals surface area (Å²) in [6.45, 7) is 3.66. The van der Waals surface area contributed by atoms with E-state index in [-0.39, 0.29) is 17.8 Å². The molecule has 0 saturated carbocycles.